The van der Waals surface area contributed by atoms with Gasteiger partial charge in [0.15, 0.2) is 5.12 Å². The van der Waals surface area contributed by atoms with Gasteiger partial charge in [0.2, 0.25) is 5.91 Å². The lowest BCUT2D eigenvalue weighted by Crippen LogP contribution is -2.20. The Labute approximate surface area is 75.8 Å². The molecule has 0 rings (SSSR count). The van der Waals surface area contributed by atoms with Crippen molar-refractivity contribution in [3.05, 3.63) is 0 Å². The SMILES string of the molecule is CSC(=O)CC(=O)NN=C(C)C. The van der Waals surface area contributed by atoms with Crippen molar-refractivity contribution in [2.75, 3.05) is 6.26 Å². The van der Waals surface area contributed by atoms with Crippen LogP contribution >= 0.6 is 11.8 Å². The van der Waals surface area contributed by atoms with Crippen LogP contribution in [0.2, 0.25) is 0 Å². The van der Waals surface area contributed by atoms with Gasteiger partial charge in [0.1, 0.15) is 0 Å². The number of amides is 1. The third kappa shape index (κ3) is 5.91. The molecular formula is C7H12N2O2S. The Morgan fingerprint density at radius 2 is 2.00 bits per heavy atom. The molecule has 0 aromatic carbocycles. The first kappa shape index (κ1) is 11.2. The number of thioether (sulfide) groups is 1. The minimum atomic E-state index is -0.365. The van der Waals surface area contributed by atoms with Gasteiger partial charge in [0.05, 0.1) is 6.42 Å². The van der Waals surface area contributed by atoms with Crippen molar-refractivity contribution in [3.63, 3.8) is 0 Å². The van der Waals surface area contributed by atoms with E-state index in [1.807, 2.05) is 0 Å². The Morgan fingerprint density at radius 3 is 2.42 bits per heavy atom. The smallest absolute Gasteiger partial charge is 0.248 e. The van der Waals surface area contributed by atoms with E-state index in [2.05, 4.69) is 10.5 Å². The largest absolute Gasteiger partial charge is 0.287 e. The Balaban J connectivity index is 3.75. The zero-order chi connectivity index (χ0) is 9.56. The van der Waals surface area contributed by atoms with E-state index < -0.39 is 0 Å². The van der Waals surface area contributed by atoms with E-state index in [1.165, 1.54) is 0 Å². The van der Waals surface area contributed by atoms with Gasteiger partial charge in [-0.05, 0) is 20.1 Å². The van der Waals surface area contributed by atoms with E-state index in [4.69, 9.17) is 0 Å². The Morgan fingerprint density at radius 1 is 1.42 bits per heavy atom. The van der Waals surface area contributed by atoms with E-state index in [1.54, 1.807) is 20.1 Å². The first-order valence-corrected chi connectivity index (χ1v) is 4.65. The van der Waals surface area contributed by atoms with Crippen molar-refractivity contribution in [1.82, 2.24) is 5.43 Å². The number of hydrogen-bond donors (Lipinski definition) is 1. The number of carbonyl (C=O) groups excluding carboxylic acids is 2. The molecule has 1 N–H and O–H groups in total. The Kier molecular flexibility index (Phi) is 5.36. The summed E-state index contributed by atoms with van der Waals surface area (Å²) in [6, 6.07) is 0. The summed E-state index contributed by atoms with van der Waals surface area (Å²) in [6.07, 6.45) is 1.53. The number of hydrazone groups is 1. The third-order valence-electron chi connectivity index (χ3n) is 0.937. The molecule has 0 radical (unpaired) electrons. The fourth-order valence-electron chi connectivity index (χ4n) is 0.417. The number of nitrogens with one attached hydrogen (secondary N) is 1. The maximum Gasteiger partial charge on any atom is 0.248 e. The number of rotatable bonds is 3. The van der Waals surface area contributed by atoms with Crippen molar-refractivity contribution < 1.29 is 9.59 Å². The highest BCUT2D eigenvalue weighted by atomic mass is 32.2. The number of carbonyl (C=O) groups is 2. The molecule has 0 atom stereocenters. The van der Waals surface area contributed by atoms with E-state index >= 15 is 0 Å². The maximum atomic E-state index is 10.9. The highest BCUT2D eigenvalue weighted by Crippen LogP contribution is 1.98. The average Bonchev–Trinajstić information content (AvgIpc) is 2.00. The van der Waals surface area contributed by atoms with E-state index in [0.29, 0.717) is 0 Å². The first-order valence-electron chi connectivity index (χ1n) is 3.42. The van der Waals surface area contributed by atoms with Gasteiger partial charge in [0.25, 0.3) is 0 Å². The van der Waals surface area contributed by atoms with Gasteiger partial charge in [-0.2, -0.15) is 5.10 Å². The standard InChI is InChI=1S/C7H12N2O2S/c1-5(2)8-9-6(10)4-7(11)12-3/h4H2,1-3H3,(H,9,10). The van der Waals surface area contributed by atoms with Gasteiger partial charge in [-0.25, -0.2) is 5.43 Å². The van der Waals surface area contributed by atoms with Crippen molar-refractivity contribution in [2.45, 2.75) is 20.3 Å². The topological polar surface area (TPSA) is 58.5 Å². The summed E-state index contributed by atoms with van der Waals surface area (Å²) < 4.78 is 0. The zero-order valence-electron chi connectivity index (χ0n) is 7.38. The second-order valence-corrected chi connectivity index (χ2v) is 3.21. The van der Waals surface area contributed by atoms with Crippen LogP contribution in [-0.4, -0.2) is 23.0 Å². The second kappa shape index (κ2) is 5.77. The van der Waals surface area contributed by atoms with Gasteiger partial charge in [-0.15, -0.1) is 0 Å². The van der Waals surface area contributed by atoms with E-state index in [9.17, 15) is 9.59 Å². The molecule has 0 spiro atoms. The Bertz CT molecular complexity index is 209. The molecule has 68 valence electrons. The average molecular weight is 188 g/mol. The second-order valence-electron chi connectivity index (χ2n) is 2.35. The van der Waals surface area contributed by atoms with Crippen molar-refractivity contribution in [2.24, 2.45) is 5.10 Å². The first-order chi connectivity index (χ1) is 5.56. The molecule has 0 bridgehead atoms. The summed E-state index contributed by atoms with van der Waals surface area (Å²) in [5, 5.41) is 3.51. The highest BCUT2D eigenvalue weighted by molar-refractivity contribution is 8.13. The quantitative estimate of drug-likeness (QED) is 0.404. The minimum Gasteiger partial charge on any atom is -0.287 e. The molecule has 0 unspecified atom stereocenters. The molecule has 5 heteroatoms. The number of nitrogens with zero attached hydrogens (tertiary/aromatic N) is 1. The molecule has 0 saturated carbocycles. The number of hydrogen-bond acceptors (Lipinski definition) is 4. The summed E-state index contributed by atoms with van der Waals surface area (Å²) >= 11 is 1.04. The van der Waals surface area contributed by atoms with E-state index in [0.717, 1.165) is 17.5 Å². The van der Waals surface area contributed by atoms with Crippen molar-refractivity contribution in [1.29, 1.82) is 0 Å². The molecule has 12 heavy (non-hydrogen) atoms. The summed E-state index contributed by atoms with van der Waals surface area (Å²) in [5.41, 5.74) is 3.01. The van der Waals surface area contributed by atoms with Crippen LogP contribution in [0, 0.1) is 0 Å². The lowest BCUT2D eigenvalue weighted by molar-refractivity contribution is -0.124. The van der Waals surface area contributed by atoms with Gasteiger partial charge < -0.3 is 0 Å². The van der Waals surface area contributed by atoms with Crippen molar-refractivity contribution in [3.8, 4) is 0 Å². The monoisotopic (exact) mass is 188 g/mol. The van der Waals surface area contributed by atoms with Crippen LogP contribution in [0.4, 0.5) is 0 Å². The molecular weight excluding hydrogens is 176 g/mol. The lowest BCUT2D eigenvalue weighted by atomic mass is 10.4. The normalized spacial score (nSPS) is 8.92. The van der Waals surface area contributed by atoms with Crippen LogP contribution in [0.3, 0.4) is 0 Å². The molecule has 0 aromatic heterocycles. The molecule has 0 fully saturated rings. The molecule has 0 heterocycles. The van der Waals surface area contributed by atoms with Crippen LogP contribution < -0.4 is 5.43 Å². The minimum absolute atomic E-state index is 0.113. The predicted octanol–water partition coefficient (Wildman–Crippen LogP) is 0.778. The fraction of sp³-hybridized carbons (Fsp3) is 0.571. The molecule has 0 aliphatic carbocycles. The highest BCUT2D eigenvalue weighted by Gasteiger charge is 2.06. The van der Waals surface area contributed by atoms with Crippen LogP contribution in [-0.2, 0) is 9.59 Å². The Hall–Kier alpha value is -0.840. The lowest BCUT2D eigenvalue weighted by Gasteiger charge is -1.97. The molecule has 1 amide bonds. The molecule has 0 aromatic rings. The maximum absolute atomic E-state index is 10.9. The summed E-state index contributed by atoms with van der Waals surface area (Å²) in [6.45, 7) is 3.52. The predicted molar refractivity (Wildman–Crippen MR) is 50.1 cm³/mol. The van der Waals surface area contributed by atoms with Crippen molar-refractivity contribution >= 4 is 28.5 Å². The van der Waals surface area contributed by atoms with Gasteiger partial charge >= 0.3 is 0 Å². The molecule has 0 aliphatic heterocycles. The molecule has 0 saturated heterocycles. The molecule has 0 aliphatic rings. The zero-order valence-corrected chi connectivity index (χ0v) is 8.20. The van der Waals surface area contributed by atoms with Crippen LogP contribution in [0.15, 0.2) is 5.10 Å². The molecule has 4 nitrogen and oxygen atoms in total. The van der Waals surface area contributed by atoms with Gasteiger partial charge in [-0.1, -0.05) is 11.8 Å². The van der Waals surface area contributed by atoms with Crippen LogP contribution in [0.5, 0.6) is 0 Å². The summed E-state index contributed by atoms with van der Waals surface area (Å²) in [5.74, 6) is -0.365. The van der Waals surface area contributed by atoms with Crippen LogP contribution in [0.1, 0.15) is 20.3 Å². The van der Waals surface area contributed by atoms with Crippen LogP contribution in [0.25, 0.3) is 0 Å². The fourth-order valence-corrected chi connectivity index (χ4v) is 0.692. The summed E-state index contributed by atoms with van der Waals surface area (Å²) in [7, 11) is 0. The third-order valence-corrected chi connectivity index (χ3v) is 1.54. The van der Waals surface area contributed by atoms with E-state index in [-0.39, 0.29) is 17.4 Å². The van der Waals surface area contributed by atoms with Gasteiger partial charge in [-0.3, -0.25) is 9.59 Å². The van der Waals surface area contributed by atoms with Gasteiger partial charge in [0, 0.05) is 5.71 Å². The summed E-state index contributed by atoms with van der Waals surface area (Å²) in [4.78, 5) is 21.6.